The van der Waals surface area contributed by atoms with Gasteiger partial charge in [0.2, 0.25) is 0 Å². The summed E-state index contributed by atoms with van der Waals surface area (Å²) in [6, 6.07) is 0. The van der Waals surface area contributed by atoms with E-state index in [0.29, 0.717) is 0 Å². The smallest absolute Gasteiger partial charge is 0.270 e. The maximum Gasteiger partial charge on any atom is 0.270 e. The molecule has 1 saturated heterocycles. The molecule has 1 aliphatic heterocycles. The molecule has 0 radical (unpaired) electrons. The van der Waals surface area contributed by atoms with Crippen LogP contribution in [0.5, 0.6) is 0 Å². The summed E-state index contributed by atoms with van der Waals surface area (Å²) in [5.74, 6) is -1.12. The van der Waals surface area contributed by atoms with Crippen LogP contribution >= 0.6 is 12.2 Å². The van der Waals surface area contributed by atoms with Crippen molar-refractivity contribution in [3.05, 3.63) is 17.9 Å². The van der Waals surface area contributed by atoms with Crippen molar-refractivity contribution in [2.45, 2.75) is 0 Å². The molecule has 0 aromatic rings. The number of rotatable bonds is 0. The number of nitrogens with one attached hydrogen (secondary N) is 2. The summed E-state index contributed by atoms with van der Waals surface area (Å²) in [6.45, 7) is 3.18. The van der Waals surface area contributed by atoms with Crippen molar-refractivity contribution in [3.63, 3.8) is 0 Å². The molecule has 5 heteroatoms. The number of hydrogen-bond donors (Lipinski definition) is 2. The zero-order valence-corrected chi connectivity index (χ0v) is 6.25. The molecule has 0 bridgehead atoms. The Morgan fingerprint density at radius 3 is 2.09 bits per heavy atom. The molecule has 0 aromatic carbocycles. The first-order valence-electron chi connectivity index (χ1n) is 2.72. The highest BCUT2D eigenvalue weighted by atomic mass is 32.1. The van der Waals surface area contributed by atoms with Gasteiger partial charge in [0.05, 0.1) is 0 Å². The fourth-order valence-electron chi connectivity index (χ4n) is 0.626. The Morgan fingerprint density at radius 2 is 1.73 bits per heavy atom. The highest BCUT2D eigenvalue weighted by Gasteiger charge is 2.24. The van der Waals surface area contributed by atoms with Crippen molar-refractivity contribution in [1.29, 1.82) is 0 Å². The molecule has 0 atom stereocenters. The van der Waals surface area contributed by atoms with Crippen LogP contribution in [0.2, 0.25) is 0 Å². The lowest BCUT2D eigenvalue weighted by Gasteiger charge is -2.14. The molecular weight excluding hydrogens is 164 g/mol. The minimum atomic E-state index is -0.561. The second-order valence-electron chi connectivity index (χ2n) is 1.79. The number of carbonyl (C=O) groups is 2. The van der Waals surface area contributed by atoms with Gasteiger partial charge in [0, 0.05) is 0 Å². The molecule has 2 N–H and O–H groups in total. The fraction of sp³-hybridized carbons (Fsp3) is 0. The average molecular weight is 168 g/mol. The predicted octanol–water partition coefficient (Wildman–Crippen LogP) is -0.771. The van der Waals surface area contributed by atoms with Crippen LogP contribution in [0.25, 0.3) is 0 Å². The van der Waals surface area contributed by atoms with Gasteiger partial charge in [-0.3, -0.25) is 20.2 Å². The Kier molecular flexibility index (Phi) is 1.85. The van der Waals surface area contributed by atoms with E-state index in [-0.39, 0.29) is 10.7 Å². The first-order chi connectivity index (χ1) is 5.15. The van der Waals surface area contributed by atoms with E-state index in [1.54, 1.807) is 0 Å². The van der Waals surface area contributed by atoms with Crippen LogP contribution in [0.15, 0.2) is 17.9 Å². The Labute approximate surface area is 68.0 Å². The number of thiocarbonyl (C=S) groups is 1. The maximum absolute atomic E-state index is 10.8. The molecule has 2 amide bonds. The lowest BCUT2D eigenvalue weighted by molar-refractivity contribution is -0.123. The van der Waals surface area contributed by atoms with Gasteiger partial charge < -0.3 is 0 Å². The molecule has 1 fully saturated rings. The summed E-state index contributed by atoms with van der Waals surface area (Å²) in [5, 5.41) is 4.48. The fourth-order valence-corrected chi connectivity index (χ4v) is 0.812. The molecule has 0 aromatic heterocycles. The topological polar surface area (TPSA) is 58.2 Å². The Bertz CT molecular complexity index is 280. The van der Waals surface area contributed by atoms with Crippen molar-refractivity contribution < 1.29 is 9.59 Å². The van der Waals surface area contributed by atoms with Gasteiger partial charge in [0.1, 0.15) is 5.57 Å². The van der Waals surface area contributed by atoms with E-state index in [4.69, 9.17) is 0 Å². The van der Waals surface area contributed by atoms with Crippen LogP contribution < -0.4 is 10.6 Å². The maximum atomic E-state index is 10.8. The normalized spacial score (nSPS) is 17.1. The van der Waals surface area contributed by atoms with E-state index in [9.17, 15) is 9.59 Å². The van der Waals surface area contributed by atoms with E-state index in [1.807, 2.05) is 0 Å². The van der Waals surface area contributed by atoms with Gasteiger partial charge in [-0.05, 0) is 12.2 Å². The van der Waals surface area contributed by atoms with E-state index < -0.39 is 11.8 Å². The lowest BCUT2D eigenvalue weighted by Crippen LogP contribution is -2.51. The highest BCUT2D eigenvalue weighted by molar-refractivity contribution is 7.80. The van der Waals surface area contributed by atoms with E-state index in [2.05, 4.69) is 35.2 Å². The quantitative estimate of drug-likeness (QED) is 0.216. The molecule has 11 heavy (non-hydrogen) atoms. The van der Waals surface area contributed by atoms with E-state index in [0.717, 1.165) is 0 Å². The number of hydrogen-bond acceptors (Lipinski definition) is 3. The number of amides is 2. The van der Waals surface area contributed by atoms with Gasteiger partial charge in [-0.1, -0.05) is 6.58 Å². The van der Waals surface area contributed by atoms with Crippen LogP contribution in [0.4, 0.5) is 0 Å². The van der Waals surface area contributed by atoms with Crippen LogP contribution in [-0.4, -0.2) is 16.9 Å². The van der Waals surface area contributed by atoms with E-state index in [1.165, 1.54) is 0 Å². The zero-order chi connectivity index (χ0) is 8.43. The predicted molar refractivity (Wildman–Crippen MR) is 41.5 cm³/mol. The van der Waals surface area contributed by atoms with Crippen molar-refractivity contribution in [2.75, 3.05) is 0 Å². The molecule has 1 aliphatic rings. The zero-order valence-electron chi connectivity index (χ0n) is 5.43. The van der Waals surface area contributed by atoms with Crippen LogP contribution in [0.3, 0.4) is 0 Å². The van der Waals surface area contributed by atoms with Crippen LogP contribution in [-0.2, 0) is 9.59 Å². The van der Waals surface area contributed by atoms with Crippen molar-refractivity contribution in [2.24, 2.45) is 0 Å². The number of carbonyl (C=O) groups excluding carboxylic acids is 2. The van der Waals surface area contributed by atoms with Gasteiger partial charge in [0.15, 0.2) is 5.11 Å². The molecule has 56 valence electrons. The molecule has 0 aliphatic carbocycles. The minimum absolute atomic E-state index is 0.0130. The summed E-state index contributed by atoms with van der Waals surface area (Å²) in [7, 11) is 0. The Morgan fingerprint density at radius 1 is 1.27 bits per heavy atom. The van der Waals surface area contributed by atoms with E-state index >= 15 is 0 Å². The molecule has 4 nitrogen and oxygen atoms in total. The molecule has 1 rings (SSSR count). The summed E-state index contributed by atoms with van der Waals surface area (Å²) in [5.41, 5.74) is 2.07. The summed E-state index contributed by atoms with van der Waals surface area (Å²) >= 11 is 4.54. The molecule has 0 unspecified atom stereocenters. The highest BCUT2D eigenvalue weighted by Crippen LogP contribution is 1.96. The van der Waals surface area contributed by atoms with Gasteiger partial charge in [0.25, 0.3) is 11.8 Å². The molecule has 1 heterocycles. The summed E-state index contributed by atoms with van der Waals surface area (Å²) in [4.78, 5) is 21.7. The first kappa shape index (κ1) is 7.65. The summed E-state index contributed by atoms with van der Waals surface area (Å²) in [6.07, 6.45) is 0. The van der Waals surface area contributed by atoms with Crippen molar-refractivity contribution >= 4 is 29.1 Å². The third-order valence-electron chi connectivity index (χ3n) is 1.09. The minimum Gasteiger partial charge on any atom is -0.298 e. The average Bonchev–Trinajstić information content (AvgIpc) is 1.85. The van der Waals surface area contributed by atoms with Gasteiger partial charge in [-0.15, -0.1) is 5.73 Å². The van der Waals surface area contributed by atoms with Crippen LogP contribution in [0.1, 0.15) is 0 Å². The standard InChI is InChI=1S/C6H4N2O2S/c1-2-3-4(9)7-6(11)8-5(3)10/h1H2,(H2,7,8,9,10,11). The second-order valence-corrected chi connectivity index (χ2v) is 2.20. The SMILES string of the molecule is C=C=C1C(=O)NC(=S)NC1=O. The third kappa shape index (κ3) is 1.34. The molecule has 0 saturated carbocycles. The Balaban J connectivity index is 3.02. The third-order valence-corrected chi connectivity index (χ3v) is 1.29. The lowest BCUT2D eigenvalue weighted by atomic mass is 10.2. The molecular formula is C6H4N2O2S. The van der Waals surface area contributed by atoms with Crippen molar-refractivity contribution in [3.8, 4) is 0 Å². The largest absolute Gasteiger partial charge is 0.298 e. The van der Waals surface area contributed by atoms with Gasteiger partial charge >= 0.3 is 0 Å². The van der Waals surface area contributed by atoms with Gasteiger partial charge in [-0.2, -0.15) is 0 Å². The van der Waals surface area contributed by atoms with Gasteiger partial charge in [-0.25, -0.2) is 0 Å². The van der Waals surface area contributed by atoms with Crippen molar-refractivity contribution in [1.82, 2.24) is 10.6 Å². The monoisotopic (exact) mass is 168 g/mol. The molecule has 0 spiro atoms. The van der Waals surface area contributed by atoms with Crippen LogP contribution in [0, 0.1) is 0 Å². The second kappa shape index (κ2) is 2.65. The first-order valence-corrected chi connectivity index (χ1v) is 3.12. The Hall–Kier alpha value is -1.45. The summed E-state index contributed by atoms with van der Waals surface area (Å²) < 4.78 is 0.